The molecule has 1 saturated carbocycles. The van der Waals surface area contributed by atoms with E-state index in [0.29, 0.717) is 36.5 Å². The number of amides is 1. The number of rotatable bonds is 11. The zero-order chi connectivity index (χ0) is 27.1. The number of nitrogens with zero attached hydrogens (tertiary/aromatic N) is 1. The van der Waals surface area contributed by atoms with E-state index in [2.05, 4.69) is 24.1 Å². The van der Waals surface area contributed by atoms with Crippen molar-refractivity contribution in [3.05, 3.63) is 71.6 Å². The smallest absolute Gasteiger partial charge is 0.326 e. The number of carbonyl (C=O) groups excluding carboxylic acids is 1. The third-order valence-electron chi connectivity index (χ3n) is 7.58. The summed E-state index contributed by atoms with van der Waals surface area (Å²) in [5, 5.41) is 12.5. The highest BCUT2D eigenvalue weighted by Crippen LogP contribution is 2.33. The number of carboxylic acid groups (broad SMARTS) is 1. The van der Waals surface area contributed by atoms with Crippen molar-refractivity contribution in [3.8, 4) is 17.2 Å². The molecule has 0 unspecified atom stereocenters. The van der Waals surface area contributed by atoms with Crippen molar-refractivity contribution in [1.82, 2.24) is 10.3 Å². The van der Waals surface area contributed by atoms with Crippen molar-refractivity contribution >= 4 is 11.9 Å². The molecule has 38 heavy (non-hydrogen) atoms. The Morgan fingerprint density at radius 3 is 2.37 bits per heavy atom. The molecule has 1 atom stereocenters. The number of oxazole rings is 1. The van der Waals surface area contributed by atoms with Crippen LogP contribution in [0.3, 0.4) is 0 Å². The Morgan fingerprint density at radius 2 is 1.74 bits per heavy atom. The summed E-state index contributed by atoms with van der Waals surface area (Å²) in [4.78, 5) is 29.2. The van der Waals surface area contributed by atoms with Crippen LogP contribution in [0.2, 0.25) is 0 Å². The SMILES string of the molecule is Cc1oc(-c2ccccc2)nc1CCOc1ccc(C[C@H](NC(=O)C2CCC(C(C)C)CC2)C(=O)O)cc1. The molecule has 3 aromatic rings. The third kappa shape index (κ3) is 7.24. The Bertz CT molecular complexity index is 1190. The van der Waals surface area contributed by atoms with E-state index in [0.717, 1.165) is 48.3 Å². The molecule has 0 bridgehead atoms. The van der Waals surface area contributed by atoms with E-state index in [4.69, 9.17) is 9.15 Å². The third-order valence-corrected chi connectivity index (χ3v) is 7.58. The molecule has 2 aromatic carbocycles. The molecule has 1 fully saturated rings. The van der Waals surface area contributed by atoms with Gasteiger partial charge in [-0.1, -0.05) is 44.2 Å². The minimum atomic E-state index is -1.02. The fourth-order valence-electron chi connectivity index (χ4n) is 5.12. The molecule has 4 rings (SSSR count). The molecule has 202 valence electrons. The number of hydrogen-bond donors (Lipinski definition) is 2. The van der Waals surface area contributed by atoms with Crippen LogP contribution in [-0.4, -0.2) is 34.6 Å². The standard InChI is InChI=1S/C31H38N2O5/c1-20(2)23-11-13-24(14-12-23)29(34)32-28(31(35)36)19-22-9-15-26(16-10-22)37-18-17-27-21(3)38-30(33-27)25-7-5-4-6-8-25/h4-10,15-16,20,23-24,28H,11-14,17-19H2,1-3H3,(H,32,34)(H,35,36)/t23?,24?,28-/m0/s1. The van der Waals surface area contributed by atoms with E-state index in [-0.39, 0.29) is 18.2 Å². The Morgan fingerprint density at radius 1 is 1.05 bits per heavy atom. The van der Waals surface area contributed by atoms with Gasteiger partial charge in [-0.25, -0.2) is 9.78 Å². The van der Waals surface area contributed by atoms with Crippen LogP contribution in [-0.2, 0) is 22.4 Å². The molecule has 7 heteroatoms. The quantitative estimate of drug-likeness (QED) is 0.330. The van der Waals surface area contributed by atoms with Crippen LogP contribution < -0.4 is 10.1 Å². The summed E-state index contributed by atoms with van der Waals surface area (Å²) >= 11 is 0. The van der Waals surface area contributed by atoms with Gasteiger partial charge >= 0.3 is 5.97 Å². The first-order valence-corrected chi connectivity index (χ1v) is 13.6. The predicted octanol–water partition coefficient (Wildman–Crippen LogP) is 5.85. The summed E-state index contributed by atoms with van der Waals surface area (Å²) in [6, 6.07) is 16.2. The number of carboxylic acids is 1. The molecule has 7 nitrogen and oxygen atoms in total. The average Bonchev–Trinajstić information content (AvgIpc) is 3.30. The predicted molar refractivity (Wildman–Crippen MR) is 146 cm³/mol. The summed E-state index contributed by atoms with van der Waals surface area (Å²) < 4.78 is 11.7. The van der Waals surface area contributed by atoms with Crippen molar-refractivity contribution in [2.75, 3.05) is 6.61 Å². The van der Waals surface area contributed by atoms with Gasteiger partial charge in [0.15, 0.2) is 0 Å². The van der Waals surface area contributed by atoms with Crippen LogP contribution in [0.1, 0.15) is 56.5 Å². The van der Waals surface area contributed by atoms with Crippen LogP contribution in [0.5, 0.6) is 5.75 Å². The average molecular weight is 519 g/mol. The Balaban J connectivity index is 1.26. The number of aliphatic carboxylic acids is 1. The minimum Gasteiger partial charge on any atom is -0.493 e. The van der Waals surface area contributed by atoms with Gasteiger partial charge in [-0.05, 0) is 74.3 Å². The lowest BCUT2D eigenvalue weighted by atomic mass is 9.76. The second-order valence-electron chi connectivity index (χ2n) is 10.6. The first-order valence-electron chi connectivity index (χ1n) is 13.6. The molecule has 2 N–H and O–H groups in total. The van der Waals surface area contributed by atoms with E-state index in [1.807, 2.05) is 61.5 Å². The fourth-order valence-corrected chi connectivity index (χ4v) is 5.12. The highest BCUT2D eigenvalue weighted by molar-refractivity contribution is 5.85. The lowest BCUT2D eigenvalue weighted by Gasteiger charge is -2.30. The number of hydrogen-bond acceptors (Lipinski definition) is 5. The van der Waals surface area contributed by atoms with Crippen LogP contribution >= 0.6 is 0 Å². The van der Waals surface area contributed by atoms with Gasteiger partial charge in [0.25, 0.3) is 0 Å². The second kappa shape index (κ2) is 12.8. The van der Waals surface area contributed by atoms with Gasteiger partial charge < -0.3 is 19.6 Å². The van der Waals surface area contributed by atoms with Crippen molar-refractivity contribution in [3.63, 3.8) is 0 Å². The normalized spacial score (nSPS) is 18.2. The first-order chi connectivity index (χ1) is 18.3. The lowest BCUT2D eigenvalue weighted by Crippen LogP contribution is -2.45. The maximum absolute atomic E-state index is 12.8. The van der Waals surface area contributed by atoms with E-state index in [1.165, 1.54) is 0 Å². The van der Waals surface area contributed by atoms with Crippen LogP contribution in [0.25, 0.3) is 11.5 Å². The van der Waals surface area contributed by atoms with Crippen LogP contribution in [0.4, 0.5) is 0 Å². The minimum absolute atomic E-state index is 0.0975. The van der Waals surface area contributed by atoms with Crippen molar-refractivity contribution in [1.29, 1.82) is 0 Å². The highest BCUT2D eigenvalue weighted by Gasteiger charge is 2.30. The molecule has 0 aliphatic heterocycles. The zero-order valence-electron chi connectivity index (χ0n) is 22.5. The topological polar surface area (TPSA) is 102 Å². The van der Waals surface area contributed by atoms with Gasteiger partial charge in [0.05, 0.1) is 12.3 Å². The number of aromatic nitrogens is 1. The van der Waals surface area contributed by atoms with Crippen LogP contribution in [0, 0.1) is 24.7 Å². The van der Waals surface area contributed by atoms with Gasteiger partial charge in [-0.3, -0.25) is 4.79 Å². The number of benzene rings is 2. The number of ether oxygens (including phenoxy) is 1. The molecule has 1 aliphatic carbocycles. The van der Waals surface area contributed by atoms with E-state index in [9.17, 15) is 14.7 Å². The van der Waals surface area contributed by atoms with Gasteiger partial charge in [0, 0.05) is 24.3 Å². The zero-order valence-corrected chi connectivity index (χ0v) is 22.5. The highest BCUT2D eigenvalue weighted by atomic mass is 16.5. The molecular formula is C31H38N2O5. The Kier molecular flexibility index (Phi) is 9.21. The summed E-state index contributed by atoms with van der Waals surface area (Å²) in [5.74, 6) is 2.09. The van der Waals surface area contributed by atoms with Gasteiger partial charge in [-0.2, -0.15) is 0 Å². The second-order valence-corrected chi connectivity index (χ2v) is 10.6. The lowest BCUT2D eigenvalue weighted by molar-refractivity contribution is -0.142. The van der Waals surface area contributed by atoms with Crippen molar-refractivity contribution in [2.45, 2.75) is 65.3 Å². The molecule has 1 aromatic heterocycles. The summed E-state index contributed by atoms with van der Waals surface area (Å²) in [7, 11) is 0. The summed E-state index contributed by atoms with van der Waals surface area (Å²) in [6.45, 7) is 6.79. The molecule has 1 aliphatic rings. The molecule has 0 spiro atoms. The van der Waals surface area contributed by atoms with Gasteiger partial charge in [-0.15, -0.1) is 0 Å². The molecule has 1 amide bonds. The summed E-state index contributed by atoms with van der Waals surface area (Å²) in [5.41, 5.74) is 2.62. The van der Waals surface area contributed by atoms with E-state index >= 15 is 0 Å². The van der Waals surface area contributed by atoms with Crippen molar-refractivity contribution < 1.29 is 23.8 Å². The largest absolute Gasteiger partial charge is 0.493 e. The van der Waals surface area contributed by atoms with E-state index < -0.39 is 12.0 Å². The van der Waals surface area contributed by atoms with Crippen molar-refractivity contribution in [2.24, 2.45) is 17.8 Å². The van der Waals surface area contributed by atoms with E-state index in [1.54, 1.807) is 0 Å². The first kappa shape index (κ1) is 27.4. The Labute approximate surface area is 224 Å². The summed E-state index contributed by atoms with van der Waals surface area (Å²) in [6.07, 6.45) is 4.54. The molecule has 0 saturated heterocycles. The molecular weight excluding hydrogens is 480 g/mol. The number of nitrogens with one attached hydrogen (secondary N) is 1. The maximum atomic E-state index is 12.8. The van der Waals surface area contributed by atoms with Gasteiger partial charge in [0.1, 0.15) is 17.6 Å². The number of aryl methyl sites for hydroxylation is 1. The maximum Gasteiger partial charge on any atom is 0.326 e. The fraction of sp³-hybridized carbons (Fsp3) is 0.452. The molecule has 0 radical (unpaired) electrons. The van der Waals surface area contributed by atoms with Crippen LogP contribution in [0.15, 0.2) is 59.0 Å². The molecule has 1 heterocycles. The van der Waals surface area contributed by atoms with Gasteiger partial charge in [0.2, 0.25) is 11.8 Å². The number of carbonyl (C=O) groups is 2. The Hall–Kier alpha value is -3.61. The monoisotopic (exact) mass is 518 g/mol.